The molecule has 2 rings (SSSR count). The fourth-order valence-corrected chi connectivity index (χ4v) is 1.86. The van der Waals surface area contributed by atoms with Crippen molar-refractivity contribution >= 4 is 12.2 Å². The minimum absolute atomic E-state index is 0.355. The van der Waals surface area contributed by atoms with Crippen LogP contribution in [0.4, 0.5) is 13.2 Å². The minimum atomic E-state index is -4.39. The van der Waals surface area contributed by atoms with Crippen molar-refractivity contribution in [2.24, 2.45) is 0 Å². The first-order valence-corrected chi connectivity index (χ1v) is 6.03. The third kappa shape index (κ3) is 2.83. The molecule has 0 radical (unpaired) electrons. The number of alkyl halides is 3. The standard InChI is InChI=1S/C11H11F3N4S/c1-2-5-18-9(16-17-10(18)19)8-4-3-7(6-15-8)11(12,13)14/h3-4,6H,2,5H2,1H3,(H,17,19). The molecule has 0 aromatic carbocycles. The molecule has 102 valence electrons. The van der Waals surface area contributed by atoms with Gasteiger partial charge in [-0.15, -0.1) is 0 Å². The summed E-state index contributed by atoms with van der Waals surface area (Å²) in [4.78, 5) is 3.80. The minimum Gasteiger partial charge on any atom is -0.299 e. The molecule has 2 aromatic heterocycles. The van der Waals surface area contributed by atoms with Gasteiger partial charge >= 0.3 is 6.18 Å². The van der Waals surface area contributed by atoms with Gasteiger partial charge in [0.25, 0.3) is 0 Å². The Balaban J connectivity index is 2.40. The summed E-state index contributed by atoms with van der Waals surface area (Å²) in [6, 6.07) is 2.27. The van der Waals surface area contributed by atoms with Crippen LogP contribution in [0.2, 0.25) is 0 Å². The van der Waals surface area contributed by atoms with Crippen LogP contribution < -0.4 is 0 Å². The number of aromatic amines is 1. The van der Waals surface area contributed by atoms with E-state index in [0.29, 0.717) is 22.8 Å². The second kappa shape index (κ2) is 5.12. The predicted molar refractivity (Wildman–Crippen MR) is 65.9 cm³/mol. The van der Waals surface area contributed by atoms with Gasteiger partial charge in [0.05, 0.1) is 5.56 Å². The number of rotatable bonds is 3. The molecule has 0 atom stereocenters. The van der Waals surface area contributed by atoms with E-state index < -0.39 is 11.7 Å². The topological polar surface area (TPSA) is 46.5 Å². The van der Waals surface area contributed by atoms with Gasteiger partial charge in [0.15, 0.2) is 10.6 Å². The molecule has 0 unspecified atom stereocenters. The van der Waals surface area contributed by atoms with E-state index in [1.54, 1.807) is 4.57 Å². The Morgan fingerprint density at radius 3 is 2.63 bits per heavy atom. The molecule has 0 aliphatic carbocycles. The van der Waals surface area contributed by atoms with Gasteiger partial charge in [-0.25, -0.2) is 0 Å². The first-order chi connectivity index (χ1) is 8.93. The summed E-state index contributed by atoms with van der Waals surface area (Å²) in [5, 5.41) is 6.62. The van der Waals surface area contributed by atoms with Crippen LogP contribution in [0, 0.1) is 4.77 Å². The number of nitrogens with zero attached hydrogens (tertiary/aromatic N) is 3. The maximum Gasteiger partial charge on any atom is 0.417 e. The molecule has 8 heteroatoms. The van der Waals surface area contributed by atoms with Crippen molar-refractivity contribution in [1.82, 2.24) is 19.7 Å². The Bertz CT molecular complexity index is 612. The molecular weight excluding hydrogens is 277 g/mol. The van der Waals surface area contributed by atoms with E-state index >= 15 is 0 Å². The zero-order chi connectivity index (χ0) is 14.0. The van der Waals surface area contributed by atoms with Crippen molar-refractivity contribution in [2.45, 2.75) is 26.1 Å². The van der Waals surface area contributed by atoms with Crippen molar-refractivity contribution in [2.75, 3.05) is 0 Å². The van der Waals surface area contributed by atoms with E-state index in [-0.39, 0.29) is 0 Å². The Labute approximate surface area is 112 Å². The summed E-state index contributed by atoms with van der Waals surface area (Å²) in [5.74, 6) is 0.445. The summed E-state index contributed by atoms with van der Waals surface area (Å²) >= 11 is 5.06. The molecule has 4 nitrogen and oxygen atoms in total. The lowest BCUT2D eigenvalue weighted by molar-refractivity contribution is -0.137. The molecule has 2 aromatic rings. The Kier molecular flexibility index (Phi) is 3.70. The van der Waals surface area contributed by atoms with Crippen molar-refractivity contribution < 1.29 is 13.2 Å². The van der Waals surface area contributed by atoms with Crippen LogP contribution in [0.25, 0.3) is 11.5 Å². The van der Waals surface area contributed by atoms with Crippen molar-refractivity contribution in [3.8, 4) is 11.5 Å². The fraction of sp³-hybridized carbons (Fsp3) is 0.364. The summed E-state index contributed by atoms with van der Waals surface area (Å²) in [6.45, 7) is 2.60. The molecule has 0 bridgehead atoms. The second-order valence-electron chi connectivity index (χ2n) is 3.93. The molecule has 0 aliphatic rings. The fourth-order valence-electron chi connectivity index (χ4n) is 1.64. The monoisotopic (exact) mass is 288 g/mol. The summed E-state index contributed by atoms with van der Waals surface area (Å²) in [5.41, 5.74) is -0.429. The zero-order valence-corrected chi connectivity index (χ0v) is 10.8. The number of pyridine rings is 1. The van der Waals surface area contributed by atoms with Gasteiger partial charge in [-0.1, -0.05) is 6.92 Å². The van der Waals surface area contributed by atoms with E-state index in [0.717, 1.165) is 18.7 Å². The Morgan fingerprint density at radius 2 is 2.11 bits per heavy atom. The molecule has 19 heavy (non-hydrogen) atoms. The summed E-state index contributed by atoms with van der Waals surface area (Å²) in [7, 11) is 0. The summed E-state index contributed by atoms with van der Waals surface area (Å²) in [6.07, 6.45) is -2.76. The quantitative estimate of drug-likeness (QED) is 0.880. The van der Waals surface area contributed by atoms with Crippen molar-refractivity contribution in [3.63, 3.8) is 0 Å². The van der Waals surface area contributed by atoms with Crippen molar-refractivity contribution in [1.29, 1.82) is 0 Å². The molecule has 1 N–H and O–H groups in total. The number of hydrogen-bond acceptors (Lipinski definition) is 3. The zero-order valence-electron chi connectivity index (χ0n) is 10.0. The maximum absolute atomic E-state index is 12.4. The van der Waals surface area contributed by atoms with Gasteiger partial charge < -0.3 is 0 Å². The van der Waals surface area contributed by atoms with E-state index in [4.69, 9.17) is 12.2 Å². The average Bonchev–Trinajstić information content (AvgIpc) is 2.71. The van der Waals surface area contributed by atoms with Gasteiger partial charge in [-0.2, -0.15) is 18.3 Å². The average molecular weight is 288 g/mol. The molecule has 0 aliphatic heterocycles. The highest BCUT2D eigenvalue weighted by Gasteiger charge is 2.30. The van der Waals surface area contributed by atoms with Crippen LogP contribution in [0.15, 0.2) is 18.3 Å². The lowest BCUT2D eigenvalue weighted by atomic mass is 10.2. The Morgan fingerprint density at radius 1 is 1.37 bits per heavy atom. The first-order valence-electron chi connectivity index (χ1n) is 5.62. The highest BCUT2D eigenvalue weighted by molar-refractivity contribution is 7.71. The van der Waals surface area contributed by atoms with Crippen LogP contribution >= 0.6 is 12.2 Å². The van der Waals surface area contributed by atoms with Gasteiger partial charge in [0.1, 0.15) is 5.69 Å². The van der Waals surface area contributed by atoms with E-state index in [2.05, 4.69) is 15.2 Å². The third-order valence-corrected chi connectivity index (χ3v) is 2.84. The SMILES string of the molecule is CCCn1c(-c2ccc(C(F)(F)F)cn2)n[nH]c1=S. The molecule has 0 spiro atoms. The molecule has 0 fully saturated rings. The van der Waals surface area contributed by atoms with Crippen molar-refractivity contribution in [3.05, 3.63) is 28.7 Å². The maximum atomic E-state index is 12.4. The van der Waals surface area contributed by atoms with Gasteiger partial charge in [-0.3, -0.25) is 14.6 Å². The molecule has 0 saturated carbocycles. The molecular formula is C11H11F3N4S. The van der Waals surface area contributed by atoms with E-state index in [1.807, 2.05) is 6.92 Å². The highest BCUT2D eigenvalue weighted by atomic mass is 32.1. The van der Waals surface area contributed by atoms with Crippen LogP contribution in [0.3, 0.4) is 0 Å². The number of halogens is 3. The normalized spacial score (nSPS) is 11.8. The molecule has 0 amide bonds. The highest BCUT2D eigenvalue weighted by Crippen LogP contribution is 2.29. The summed E-state index contributed by atoms with van der Waals surface area (Å²) < 4.78 is 39.5. The number of hydrogen-bond donors (Lipinski definition) is 1. The van der Waals surface area contributed by atoms with Gasteiger partial charge in [0, 0.05) is 12.7 Å². The third-order valence-electron chi connectivity index (χ3n) is 2.53. The van der Waals surface area contributed by atoms with Crippen LogP contribution in [-0.4, -0.2) is 19.7 Å². The lowest BCUT2D eigenvalue weighted by Crippen LogP contribution is -2.06. The largest absolute Gasteiger partial charge is 0.417 e. The lowest BCUT2D eigenvalue weighted by Gasteiger charge is -2.07. The van der Waals surface area contributed by atoms with Crippen LogP contribution in [0.5, 0.6) is 0 Å². The predicted octanol–water partition coefficient (Wildman–Crippen LogP) is 3.43. The molecule has 2 heterocycles. The first kappa shape index (κ1) is 13.7. The number of nitrogens with one attached hydrogen (secondary N) is 1. The smallest absolute Gasteiger partial charge is 0.299 e. The van der Waals surface area contributed by atoms with Gasteiger partial charge in [-0.05, 0) is 30.8 Å². The second-order valence-corrected chi connectivity index (χ2v) is 4.32. The van der Waals surface area contributed by atoms with E-state index in [1.165, 1.54) is 6.07 Å². The van der Waals surface area contributed by atoms with Crippen LogP contribution in [0.1, 0.15) is 18.9 Å². The number of H-pyrrole nitrogens is 1. The van der Waals surface area contributed by atoms with Gasteiger partial charge in [0.2, 0.25) is 0 Å². The van der Waals surface area contributed by atoms with Crippen LogP contribution in [-0.2, 0) is 12.7 Å². The molecule has 0 saturated heterocycles. The van der Waals surface area contributed by atoms with E-state index in [9.17, 15) is 13.2 Å². The Hall–Kier alpha value is -1.70. The number of aromatic nitrogens is 4.